The van der Waals surface area contributed by atoms with Gasteiger partial charge in [0, 0.05) is 22.3 Å². The molecule has 0 spiro atoms. The van der Waals surface area contributed by atoms with Gasteiger partial charge in [0.05, 0.1) is 12.0 Å². The summed E-state index contributed by atoms with van der Waals surface area (Å²) in [5.74, 6) is 1.69. The lowest BCUT2D eigenvalue weighted by molar-refractivity contribution is -0.121. The first-order valence-corrected chi connectivity index (χ1v) is 12.9. The summed E-state index contributed by atoms with van der Waals surface area (Å²) in [4.78, 5) is 15.9. The van der Waals surface area contributed by atoms with Crippen molar-refractivity contribution in [2.75, 3.05) is 31.6 Å². The molecule has 2 aliphatic rings. The molecule has 2 aromatic carbocycles. The zero-order chi connectivity index (χ0) is 23.3. The first-order chi connectivity index (χ1) is 16.0. The monoisotopic (exact) mass is 488 g/mol. The Kier molecular flexibility index (Phi) is 8.21. The number of anilines is 1. The van der Waals surface area contributed by atoms with Gasteiger partial charge in [-0.05, 0) is 93.1 Å². The van der Waals surface area contributed by atoms with Crippen molar-refractivity contribution in [1.29, 1.82) is 0 Å². The average Bonchev–Trinajstić information content (AvgIpc) is 3.30. The van der Waals surface area contributed by atoms with E-state index in [-0.39, 0.29) is 5.91 Å². The van der Waals surface area contributed by atoms with E-state index < -0.39 is 5.41 Å². The first kappa shape index (κ1) is 24.4. The fourth-order valence-electron chi connectivity index (χ4n) is 5.12. The Morgan fingerprint density at radius 1 is 1.09 bits per heavy atom. The Bertz CT molecular complexity index is 934. The van der Waals surface area contributed by atoms with Crippen LogP contribution in [-0.2, 0) is 10.2 Å². The summed E-state index contributed by atoms with van der Waals surface area (Å²) in [5.41, 5.74) is 1.03. The van der Waals surface area contributed by atoms with E-state index in [4.69, 9.17) is 27.9 Å². The SMILES string of the molecule is CC1CCN(CCCOc2ccc(NC(=O)C3(c4ccc(Cl)cc4Cl)CCCC3)cc2)CC1. The summed E-state index contributed by atoms with van der Waals surface area (Å²) in [6.07, 6.45) is 7.23. The molecule has 0 aromatic heterocycles. The molecule has 178 valence electrons. The summed E-state index contributed by atoms with van der Waals surface area (Å²) < 4.78 is 5.92. The number of carbonyl (C=O) groups is 1. The number of ether oxygens (including phenoxy) is 1. The number of halogens is 2. The fourth-order valence-corrected chi connectivity index (χ4v) is 5.71. The Morgan fingerprint density at radius 2 is 1.79 bits per heavy atom. The number of amides is 1. The number of hydrogen-bond donors (Lipinski definition) is 1. The van der Waals surface area contributed by atoms with Crippen LogP contribution in [0.5, 0.6) is 5.75 Å². The highest BCUT2D eigenvalue weighted by molar-refractivity contribution is 6.35. The maximum Gasteiger partial charge on any atom is 0.235 e. The molecule has 1 N–H and O–H groups in total. The minimum atomic E-state index is -0.608. The van der Waals surface area contributed by atoms with Gasteiger partial charge < -0.3 is 15.0 Å². The number of hydrogen-bond acceptors (Lipinski definition) is 3. The van der Waals surface area contributed by atoms with Gasteiger partial charge in [-0.15, -0.1) is 0 Å². The predicted octanol–water partition coefficient (Wildman–Crippen LogP) is 6.94. The van der Waals surface area contributed by atoms with Gasteiger partial charge in [-0.3, -0.25) is 4.79 Å². The second-order valence-corrected chi connectivity index (χ2v) is 10.5. The number of benzene rings is 2. The van der Waals surface area contributed by atoms with Crippen LogP contribution in [-0.4, -0.2) is 37.0 Å². The molecule has 4 rings (SSSR count). The molecule has 1 saturated heterocycles. The highest BCUT2D eigenvalue weighted by atomic mass is 35.5. The lowest BCUT2D eigenvalue weighted by atomic mass is 9.78. The maximum absolute atomic E-state index is 13.4. The van der Waals surface area contributed by atoms with E-state index in [9.17, 15) is 4.79 Å². The van der Waals surface area contributed by atoms with Crippen LogP contribution in [0, 0.1) is 5.92 Å². The van der Waals surface area contributed by atoms with Crippen LogP contribution >= 0.6 is 23.2 Å². The van der Waals surface area contributed by atoms with Gasteiger partial charge in [0.25, 0.3) is 0 Å². The summed E-state index contributed by atoms with van der Waals surface area (Å²) in [6, 6.07) is 13.1. The Labute approximate surface area is 207 Å². The molecule has 0 radical (unpaired) electrons. The zero-order valence-corrected chi connectivity index (χ0v) is 20.9. The number of likely N-dealkylation sites (tertiary alicyclic amines) is 1. The standard InChI is InChI=1S/C27H34Cl2N2O2/c1-20-11-16-31(17-12-20)15-4-18-33-23-8-6-22(7-9-23)30-26(32)27(13-2-3-14-27)24-10-5-21(28)19-25(24)29/h5-10,19-20H,2-4,11-18H2,1H3,(H,30,32). The fraction of sp³-hybridized carbons (Fsp3) is 0.519. The van der Waals surface area contributed by atoms with Crippen LogP contribution in [0.15, 0.2) is 42.5 Å². The Hall–Kier alpha value is -1.75. The second-order valence-electron chi connectivity index (χ2n) is 9.62. The van der Waals surface area contributed by atoms with Crippen molar-refractivity contribution in [3.63, 3.8) is 0 Å². The van der Waals surface area contributed by atoms with Gasteiger partial charge in [0.1, 0.15) is 5.75 Å². The van der Waals surface area contributed by atoms with Crippen molar-refractivity contribution >= 4 is 34.8 Å². The third kappa shape index (κ3) is 6.03. The van der Waals surface area contributed by atoms with Gasteiger partial charge in [0.2, 0.25) is 5.91 Å². The normalized spacial score (nSPS) is 18.9. The Balaban J connectivity index is 1.31. The highest BCUT2D eigenvalue weighted by Gasteiger charge is 2.44. The number of rotatable bonds is 8. The van der Waals surface area contributed by atoms with Crippen LogP contribution in [0.2, 0.25) is 10.0 Å². The predicted molar refractivity (Wildman–Crippen MR) is 137 cm³/mol. The van der Waals surface area contributed by atoms with Gasteiger partial charge >= 0.3 is 0 Å². The molecule has 1 aliphatic carbocycles. The third-order valence-corrected chi connectivity index (χ3v) is 7.76. The molecule has 0 atom stereocenters. The number of carbonyl (C=O) groups excluding carboxylic acids is 1. The molecule has 2 aromatic rings. The molecular formula is C27H34Cl2N2O2. The van der Waals surface area contributed by atoms with E-state index in [1.807, 2.05) is 36.4 Å². The van der Waals surface area contributed by atoms with E-state index >= 15 is 0 Å². The largest absolute Gasteiger partial charge is 0.494 e. The molecule has 4 nitrogen and oxygen atoms in total. The molecule has 0 bridgehead atoms. The van der Waals surface area contributed by atoms with Crippen LogP contribution in [0.1, 0.15) is 57.4 Å². The van der Waals surface area contributed by atoms with E-state index in [0.717, 1.165) is 61.6 Å². The van der Waals surface area contributed by atoms with E-state index in [0.29, 0.717) is 16.7 Å². The van der Waals surface area contributed by atoms with Gasteiger partial charge in [-0.1, -0.05) is 49.0 Å². The second kappa shape index (κ2) is 11.1. The number of nitrogens with zero attached hydrogens (tertiary/aromatic N) is 1. The lowest BCUT2D eigenvalue weighted by Crippen LogP contribution is -2.38. The van der Waals surface area contributed by atoms with Crippen molar-refractivity contribution < 1.29 is 9.53 Å². The summed E-state index contributed by atoms with van der Waals surface area (Å²) in [7, 11) is 0. The first-order valence-electron chi connectivity index (χ1n) is 12.2. The molecule has 0 unspecified atom stereocenters. The van der Waals surface area contributed by atoms with Crippen LogP contribution in [0.3, 0.4) is 0 Å². The van der Waals surface area contributed by atoms with Crippen LogP contribution in [0.4, 0.5) is 5.69 Å². The molecule has 1 heterocycles. The molecule has 6 heteroatoms. The van der Waals surface area contributed by atoms with Crippen molar-refractivity contribution in [3.05, 3.63) is 58.1 Å². The zero-order valence-electron chi connectivity index (χ0n) is 19.4. The summed E-state index contributed by atoms with van der Waals surface area (Å²) >= 11 is 12.6. The minimum absolute atomic E-state index is 0.00580. The highest BCUT2D eigenvalue weighted by Crippen LogP contribution is 2.45. The molecular weight excluding hydrogens is 455 g/mol. The molecule has 1 saturated carbocycles. The molecule has 33 heavy (non-hydrogen) atoms. The molecule has 2 fully saturated rings. The van der Waals surface area contributed by atoms with Crippen molar-refractivity contribution in [2.24, 2.45) is 5.92 Å². The van der Waals surface area contributed by atoms with Gasteiger partial charge in [0.15, 0.2) is 0 Å². The third-order valence-electron chi connectivity index (χ3n) is 7.21. The van der Waals surface area contributed by atoms with Crippen LogP contribution in [0.25, 0.3) is 0 Å². The number of piperidine rings is 1. The topological polar surface area (TPSA) is 41.6 Å². The van der Waals surface area contributed by atoms with E-state index in [1.165, 1.54) is 25.9 Å². The summed E-state index contributed by atoms with van der Waals surface area (Å²) in [6.45, 7) is 6.55. The Morgan fingerprint density at radius 3 is 2.45 bits per heavy atom. The quantitative estimate of drug-likeness (QED) is 0.408. The number of nitrogens with one attached hydrogen (secondary N) is 1. The van der Waals surface area contributed by atoms with Gasteiger partial charge in [-0.25, -0.2) is 0 Å². The molecule has 1 aliphatic heterocycles. The minimum Gasteiger partial charge on any atom is -0.494 e. The van der Waals surface area contributed by atoms with E-state index in [2.05, 4.69) is 17.1 Å². The average molecular weight is 489 g/mol. The summed E-state index contributed by atoms with van der Waals surface area (Å²) in [5, 5.41) is 4.25. The lowest BCUT2D eigenvalue weighted by Gasteiger charge is -2.30. The van der Waals surface area contributed by atoms with Gasteiger partial charge in [-0.2, -0.15) is 0 Å². The smallest absolute Gasteiger partial charge is 0.235 e. The molecule has 1 amide bonds. The van der Waals surface area contributed by atoms with Crippen molar-refractivity contribution in [2.45, 2.75) is 57.3 Å². The van der Waals surface area contributed by atoms with Crippen LogP contribution < -0.4 is 10.1 Å². The van der Waals surface area contributed by atoms with Crippen molar-refractivity contribution in [1.82, 2.24) is 4.90 Å². The maximum atomic E-state index is 13.4. The van der Waals surface area contributed by atoms with Crippen molar-refractivity contribution in [3.8, 4) is 5.75 Å². The van der Waals surface area contributed by atoms with E-state index in [1.54, 1.807) is 6.07 Å².